The van der Waals surface area contributed by atoms with E-state index in [0.29, 0.717) is 0 Å². The number of thiol groups is 1. The number of hydrogen-bond acceptors (Lipinski definition) is 2. The van der Waals surface area contributed by atoms with E-state index in [2.05, 4.69) is 31.4 Å². The summed E-state index contributed by atoms with van der Waals surface area (Å²) in [6.45, 7) is 7.18. The fraction of sp³-hybridized carbons (Fsp3) is 1.00. The summed E-state index contributed by atoms with van der Waals surface area (Å²) >= 11 is 4.32. The SMILES string of the molecule is CC(CS)CN1CCCCC1C. The van der Waals surface area contributed by atoms with Crippen LogP contribution in [0, 0.1) is 5.92 Å². The first-order chi connectivity index (χ1) is 5.74. The number of nitrogens with zero attached hydrogens (tertiary/aromatic N) is 1. The molecule has 1 heterocycles. The van der Waals surface area contributed by atoms with Gasteiger partial charge in [-0.15, -0.1) is 0 Å². The van der Waals surface area contributed by atoms with E-state index < -0.39 is 0 Å². The normalized spacial score (nSPS) is 28.8. The maximum absolute atomic E-state index is 4.32. The van der Waals surface area contributed by atoms with Gasteiger partial charge in [0.25, 0.3) is 0 Å². The molecule has 0 N–H and O–H groups in total. The minimum absolute atomic E-state index is 0.744. The maximum atomic E-state index is 4.32. The Hall–Kier alpha value is 0.310. The third-order valence-electron chi connectivity index (χ3n) is 2.80. The largest absolute Gasteiger partial charge is 0.300 e. The quantitative estimate of drug-likeness (QED) is 0.664. The lowest BCUT2D eigenvalue weighted by Gasteiger charge is -2.34. The van der Waals surface area contributed by atoms with Crippen LogP contribution < -0.4 is 0 Å². The van der Waals surface area contributed by atoms with Crippen molar-refractivity contribution < 1.29 is 0 Å². The fourth-order valence-electron chi connectivity index (χ4n) is 1.89. The highest BCUT2D eigenvalue weighted by Gasteiger charge is 2.18. The van der Waals surface area contributed by atoms with Crippen LogP contribution in [0.15, 0.2) is 0 Å². The second kappa shape index (κ2) is 5.13. The van der Waals surface area contributed by atoms with Gasteiger partial charge in [0.2, 0.25) is 0 Å². The van der Waals surface area contributed by atoms with E-state index >= 15 is 0 Å². The van der Waals surface area contributed by atoms with Crippen LogP contribution in [-0.2, 0) is 0 Å². The molecule has 0 aromatic rings. The Morgan fingerprint density at radius 1 is 1.50 bits per heavy atom. The van der Waals surface area contributed by atoms with E-state index in [0.717, 1.165) is 17.7 Å². The third kappa shape index (κ3) is 2.98. The summed E-state index contributed by atoms with van der Waals surface area (Å²) in [7, 11) is 0. The van der Waals surface area contributed by atoms with Gasteiger partial charge in [0.05, 0.1) is 0 Å². The van der Waals surface area contributed by atoms with Crippen LogP contribution in [0.4, 0.5) is 0 Å². The van der Waals surface area contributed by atoms with E-state index in [-0.39, 0.29) is 0 Å². The molecular weight excluding hydrogens is 166 g/mol. The number of hydrogen-bond donors (Lipinski definition) is 1. The van der Waals surface area contributed by atoms with Gasteiger partial charge in [-0.2, -0.15) is 12.6 Å². The van der Waals surface area contributed by atoms with Gasteiger partial charge in [-0.1, -0.05) is 13.3 Å². The molecular formula is C10H21NS. The van der Waals surface area contributed by atoms with E-state index in [1.54, 1.807) is 0 Å². The highest BCUT2D eigenvalue weighted by atomic mass is 32.1. The van der Waals surface area contributed by atoms with Gasteiger partial charge in [-0.25, -0.2) is 0 Å². The monoisotopic (exact) mass is 187 g/mol. The topological polar surface area (TPSA) is 3.24 Å². The standard InChI is InChI=1S/C10H21NS/c1-9(8-12)7-11-6-4-3-5-10(11)2/h9-10,12H,3-8H2,1-2H3. The number of piperidine rings is 1. The average molecular weight is 187 g/mol. The molecule has 0 aliphatic carbocycles. The summed E-state index contributed by atoms with van der Waals surface area (Å²) < 4.78 is 0. The van der Waals surface area contributed by atoms with Gasteiger partial charge in [-0.3, -0.25) is 0 Å². The smallest absolute Gasteiger partial charge is 0.00670 e. The summed E-state index contributed by atoms with van der Waals surface area (Å²) in [5.74, 6) is 1.76. The predicted molar refractivity (Wildman–Crippen MR) is 57.9 cm³/mol. The molecule has 0 amide bonds. The molecule has 1 aliphatic heterocycles. The molecule has 0 bridgehead atoms. The molecule has 0 aromatic carbocycles. The number of likely N-dealkylation sites (tertiary alicyclic amines) is 1. The Bertz CT molecular complexity index is 127. The van der Waals surface area contributed by atoms with Crippen LogP contribution in [0.2, 0.25) is 0 Å². The molecule has 1 aliphatic rings. The second-order valence-electron chi connectivity index (χ2n) is 4.13. The summed E-state index contributed by atoms with van der Waals surface area (Å²) in [6, 6.07) is 0.807. The molecule has 0 saturated carbocycles. The van der Waals surface area contributed by atoms with Crippen molar-refractivity contribution in [3.05, 3.63) is 0 Å². The highest BCUT2D eigenvalue weighted by molar-refractivity contribution is 7.80. The van der Waals surface area contributed by atoms with Crippen molar-refractivity contribution in [1.29, 1.82) is 0 Å². The van der Waals surface area contributed by atoms with Crippen LogP contribution in [0.5, 0.6) is 0 Å². The maximum Gasteiger partial charge on any atom is 0.00670 e. The zero-order valence-electron chi connectivity index (χ0n) is 8.29. The average Bonchev–Trinajstić information content (AvgIpc) is 2.09. The first-order valence-electron chi connectivity index (χ1n) is 5.09. The predicted octanol–water partition coefficient (Wildman–Crippen LogP) is 2.43. The lowest BCUT2D eigenvalue weighted by molar-refractivity contribution is 0.145. The van der Waals surface area contributed by atoms with Crippen molar-refractivity contribution in [2.75, 3.05) is 18.8 Å². The molecule has 1 saturated heterocycles. The van der Waals surface area contributed by atoms with Crippen molar-refractivity contribution in [1.82, 2.24) is 4.90 Å². The third-order valence-corrected chi connectivity index (χ3v) is 3.42. The molecule has 2 unspecified atom stereocenters. The van der Waals surface area contributed by atoms with Crippen LogP contribution in [0.25, 0.3) is 0 Å². The first kappa shape index (κ1) is 10.4. The van der Waals surface area contributed by atoms with Gasteiger partial charge in [0.15, 0.2) is 0 Å². The van der Waals surface area contributed by atoms with Gasteiger partial charge >= 0.3 is 0 Å². The summed E-state index contributed by atoms with van der Waals surface area (Å²) in [4.78, 5) is 2.62. The Kier molecular flexibility index (Phi) is 4.44. The van der Waals surface area contributed by atoms with Crippen molar-refractivity contribution in [2.24, 2.45) is 5.92 Å². The molecule has 2 atom stereocenters. The van der Waals surface area contributed by atoms with Crippen molar-refractivity contribution in [3.8, 4) is 0 Å². The van der Waals surface area contributed by atoms with Gasteiger partial charge in [0, 0.05) is 12.6 Å². The van der Waals surface area contributed by atoms with Gasteiger partial charge in [0.1, 0.15) is 0 Å². The van der Waals surface area contributed by atoms with Gasteiger partial charge < -0.3 is 4.90 Å². The zero-order valence-corrected chi connectivity index (χ0v) is 9.19. The highest BCUT2D eigenvalue weighted by Crippen LogP contribution is 2.17. The van der Waals surface area contributed by atoms with E-state index in [1.807, 2.05) is 0 Å². The summed E-state index contributed by atoms with van der Waals surface area (Å²) in [5, 5.41) is 0. The molecule has 0 spiro atoms. The number of rotatable bonds is 3. The van der Waals surface area contributed by atoms with Crippen molar-refractivity contribution in [3.63, 3.8) is 0 Å². The summed E-state index contributed by atoms with van der Waals surface area (Å²) in [5.41, 5.74) is 0. The van der Waals surface area contributed by atoms with E-state index in [9.17, 15) is 0 Å². The molecule has 1 nitrogen and oxygen atoms in total. The lowest BCUT2D eigenvalue weighted by Crippen LogP contribution is -2.40. The van der Waals surface area contributed by atoms with Gasteiger partial charge in [-0.05, 0) is 38.0 Å². The molecule has 72 valence electrons. The molecule has 0 radical (unpaired) electrons. The zero-order chi connectivity index (χ0) is 8.97. The molecule has 2 heteroatoms. The van der Waals surface area contributed by atoms with E-state index in [4.69, 9.17) is 0 Å². The van der Waals surface area contributed by atoms with Crippen molar-refractivity contribution in [2.45, 2.75) is 39.2 Å². The first-order valence-corrected chi connectivity index (χ1v) is 5.72. The Balaban J connectivity index is 2.28. The molecule has 12 heavy (non-hydrogen) atoms. The van der Waals surface area contributed by atoms with E-state index in [1.165, 1.54) is 32.4 Å². The minimum atomic E-state index is 0.744. The molecule has 1 fully saturated rings. The Morgan fingerprint density at radius 3 is 2.83 bits per heavy atom. The van der Waals surface area contributed by atoms with Crippen LogP contribution in [0.1, 0.15) is 33.1 Å². The van der Waals surface area contributed by atoms with Crippen molar-refractivity contribution >= 4 is 12.6 Å². The van der Waals surface area contributed by atoms with Crippen LogP contribution >= 0.6 is 12.6 Å². The Labute approximate surface area is 81.9 Å². The fourth-order valence-corrected chi connectivity index (χ4v) is 2.00. The van der Waals surface area contributed by atoms with Crippen LogP contribution in [0.3, 0.4) is 0 Å². The lowest BCUT2D eigenvalue weighted by atomic mass is 10.0. The second-order valence-corrected chi connectivity index (χ2v) is 4.49. The molecule has 0 aromatic heterocycles. The van der Waals surface area contributed by atoms with Crippen LogP contribution in [-0.4, -0.2) is 29.8 Å². The molecule has 1 rings (SSSR count). The Morgan fingerprint density at radius 2 is 2.25 bits per heavy atom. The minimum Gasteiger partial charge on any atom is -0.300 e. The summed E-state index contributed by atoms with van der Waals surface area (Å²) in [6.07, 6.45) is 4.20.